The molecule has 0 radical (unpaired) electrons. The predicted octanol–water partition coefficient (Wildman–Crippen LogP) is 0.617. The zero-order valence-electron chi connectivity index (χ0n) is 19.6. The predicted molar refractivity (Wildman–Crippen MR) is 126 cm³/mol. The molecule has 4 rings (SSSR count). The van der Waals surface area contributed by atoms with Gasteiger partial charge in [-0.25, -0.2) is 0 Å². The molecule has 6 bridgehead atoms. The number of hydrogen-bond acceptors (Lipinski definition) is 13. The molecule has 0 saturated carbocycles. The summed E-state index contributed by atoms with van der Waals surface area (Å²) in [7, 11) is -28.2. The van der Waals surface area contributed by atoms with Crippen LogP contribution in [0.1, 0.15) is 6.42 Å². The Morgan fingerprint density at radius 1 is 0.500 bits per heavy atom. The van der Waals surface area contributed by atoms with Crippen molar-refractivity contribution >= 4 is 70.2 Å². The molecule has 0 aromatic heterocycles. The first-order chi connectivity index (χ1) is 14.3. The van der Waals surface area contributed by atoms with Gasteiger partial charge < -0.3 is 55.8 Å². The molecule has 6 unspecified atom stereocenters. The van der Waals surface area contributed by atoms with Gasteiger partial charge >= 0.3 is 70.2 Å². The molecule has 3 N–H and O–H groups in total. The van der Waals surface area contributed by atoms with Gasteiger partial charge in [0.2, 0.25) is 0 Å². The van der Waals surface area contributed by atoms with E-state index in [0.29, 0.717) is 19.0 Å². The summed E-state index contributed by atoms with van der Waals surface area (Å²) in [5.41, 5.74) is 5.78. The third-order valence-corrected chi connectivity index (χ3v) is 39.4. The largest absolute Gasteiger partial charge is 0.480 e. The van der Waals surface area contributed by atoms with Crippen LogP contribution in [0.4, 0.5) is 0 Å². The standard InChI is InChI=1S/C11H33NO12Si8/c1-25(11-9-10-12)14-27(3)18-29(5)16-26(2,13)17-30(6)19-28(4,15-25)21-31(7,20-27)24-32(8,22-29)23-30/h13H,9-12H2,1-8H3/t25?,26?,27-,28?,29-,30?,31?,32?/m0/s1. The maximum atomic E-state index is 11.1. The Kier molecular flexibility index (Phi) is 6.45. The second kappa shape index (κ2) is 7.86. The first-order valence-corrected chi connectivity index (χ1v) is 28.6. The Morgan fingerprint density at radius 3 is 1.09 bits per heavy atom. The van der Waals surface area contributed by atoms with E-state index in [0.717, 1.165) is 0 Å². The molecule has 4 aliphatic heterocycles. The van der Waals surface area contributed by atoms with Gasteiger partial charge in [-0.05, 0) is 25.6 Å². The fourth-order valence-corrected chi connectivity index (χ4v) is 47.9. The lowest BCUT2D eigenvalue weighted by Crippen LogP contribution is -2.82. The third-order valence-electron chi connectivity index (χ3n) is 4.98. The minimum atomic E-state index is -3.82. The summed E-state index contributed by atoms with van der Waals surface area (Å²) in [5, 5.41) is 0. The van der Waals surface area contributed by atoms with Crippen LogP contribution in [0.5, 0.6) is 0 Å². The van der Waals surface area contributed by atoms with E-state index in [4.69, 9.17) is 51.0 Å². The van der Waals surface area contributed by atoms with Crippen molar-refractivity contribution in [2.45, 2.75) is 64.8 Å². The molecule has 13 nitrogen and oxygen atoms in total. The average molecular weight is 596 g/mol. The summed E-state index contributed by atoms with van der Waals surface area (Å²) in [6.45, 7) is 14.1. The molecule has 21 heteroatoms. The van der Waals surface area contributed by atoms with Crippen molar-refractivity contribution in [3.8, 4) is 0 Å². The minimum Gasteiger partial charge on any atom is -0.394 e. The monoisotopic (exact) mass is 595 g/mol. The molecule has 0 aromatic carbocycles. The van der Waals surface area contributed by atoms with Crippen LogP contribution in [0.3, 0.4) is 0 Å². The third kappa shape index (κ3) is 5.46. The fraction of sp³-hybridized carbons (Fsp3) is 1.00. The van der Waals surface area contributed by atoms with Crippen LogP contribution < -0.4 is 5.73 Å². The van der Waals surface area contributed by atoms with Crippen molar-refractivity contribution in [2.75, 3.05) is 6.54 Å². The molecule has 0 spiro atoms. The van der Waals surface area contributed by atoms with Gasteiger partial charge in [0.25, 0.3) is 0 Å². The van der Waals surface area contributed by atoms with E-state index in [1.807, 2.05) is 6.55 Å². The van der Waals surface area contributed by atoms with Crippen molar-refractivity contribution in [3.05, 3.63) is 0 Å². The van der Waals surface area contributed by atoms with Crippen LogP contribution in [0.15, 0.2) is 0 Å². The van der Waals surface area contributed by atoms with E-state index >= 15 is 0 Å². The highest BCUT2D eigenvalue weighted by atomic mass is 28.6. The van der Waals surface area contributed by atoms with E-state index in [9.17, 15) is 4.80 Å². The highest BCUT2D eigenvalue weighted by Gasteiger charge is 2.74. The van der Waals surface area contributed by atoms with Gasteiger partial charge in [0, 0.05) is 45.8 Å². The maximum absolute atomic E-state index is 11.1. The Morgan fingerprint density at radius 2 is 0.781 bits per heavy atom. The quantitative estimate of drug-likeness (QED) is 0.440. The van der Waals surface area contributed by atoms with Gasteiger partial charge in [-0.15, -0.1) is 0 Å². The summed E-state index contributed by atoms with van der Waals surface area (Å²) in [4.78, 5) is 11.1. The summed E-state index contributed by atoms with van der Waals surface area (Å²) < 4.78 is 70.6. The normalized spacial score (nSPS) is 58.3. The van der Waals surface area contributed by atoms with Crippen molar-refractivity contribution < 1.29 is 50.1 Å². The van der Waals surface area contributed by atoms with Crippen LogP contribution in [0.2, 0.25) is 58.4 Å². The van der Waals surface area contributed by atoms with Crippen molar-refractivity contribution in [3.63, 3.8) is 0 Å². The van der Waals surface area contributed by atoms with Crippen LogP contribution in [-0.2, 0) is 45.3 Å². The Balaban J connectivity index is 1.91. The molecule has 0 amide bonds. The molecule has 4 fully saturated rings. The van der Waals surface area contributed by atoms with Gasteiger partial charge in [-0.2, -0.15) is 0 Å². The van der Waals surface area contributed by atoms with E-state index in [-0.39, 0.29) is 0 Å². The molecule has 4 saturated heterocycles. The van der Waals surface area contributed by atoms with Gasteiger partial charge in [-0.3, -0.25) is 0 Å². The average Bonchev–Trinajstić information content (AvgIpc) is 2.42. The number of hydrogen-bond donors (Lipinski definition) is 2. The summed E-state index contributed by atoms with van der Waals surface area (Å²) in [5.74, 6) is 0. The molecule has 0 aliphatic carbocycles. The van der Waals surface area contributed by atoms with Crippen LogP contribution in [-0.4, -0.2) is 81.5 Å². The first-order valence-electron chi connectivity index (χ1n) is 10.5. The molecule has 32 heavy (non-hydrogen) atoms. The highest BCUT2D eigenvalue weighted by molar-refractivity contribution is 7.00. The highest BCUT2D eigenvalue weighted by Crippen LogP contribution is 2.45. The lowest BCUT2D eigenvalue weighted by molar-refractivity contribution is 0.0110. The number of rotatable bonds is 3. The number of nitrogens with two attached hydrogens (primary N) is 1. The lowest BCUT2D eigenvalue weighted by atomic mass is 10.5. The summed E-state index contributed by atoms with van der Waals surface area (Å²) in [6.07, 6.45) is 0.679. The summed E-state index contributed by atoms with van der Waals surface area (Å²) in [6, 6.07) is 0.576. The topological polar surface area (TPSA) is 148 Å². The number of fused-ring (bicyclic) bond motifs is 4. The SMILES string of the molecule is C[Si]1(O)O[Si]2(C)O[Si]3(C)O[Si](C)(CCCN)O[Si@]4(C)O[Si](C)(O3)O[Si](C)(O2)O[Si@@](C)(O1)O4. The zero-order valence-corrected chi connectivity index (χ0v) is 27.6. The second-order valence-electron chi connectivity index (χ2n) is 9.22. The molecule has 186 valence electrons. The van der Waals surface area contributed by atoms with Crippen molar-refractivity contribution in [2.24, 2.45) is 5.73 Å². The van der Waals surface area contributed by atoms with E-state index < -0.39 is 70.2 Å². The second-order valence-corrected chi connectivity index (χ2v) is 33.1. The zero-order chi connectivity index (χ0) is 23.9. The Hall–Kier alpha value is 1.22. The van der Waals surface area contributed by atoms with E-state index in [1.165, 1.54) is 6.55 Å². The van der Waals surface area contributed by atoms with Crippen molar-refractivity contribution in [1.82, 2.24) is 0 Å². The smallest absolute Gasteiger partial charge is 0.394 e. The van der Waals surface area contributed by atoms with Crippen LogP contribution >= 0.6 is 0 Å². The van der Waals surface area contributed by atoms with Gasteiger partial charge in [0.1, 0.15) is 0 Å². The van der Waals surface area contributed by atoms with E-state index in [1.54, 1.807) is 39.3 Å². The first kappa shape index (κ1) is 26.3. The Bertz CT molecular complexity index is 734. The molecule has 4 aliphatic rings. The van der Waals surface area contributed by atoms with Gasteiger partial charge in [-0.1, -0.05) is 0 Å². The van der Waals surface area contributed by atoms with Crippen molar-refractivity contribution in [1.29, 1.82) is 0 Å². The molecule has 0 aromatic rings. The van der Waals surface area contributed by atoms with Crippen LogP contribution in [0.25, 0.3) is 0 Å². The minimum absolute atomic E-state index is 0.473. The van der Waals surface area contributed by atoms with Gasteiger partial charge in [0.05, 0.1) is 0 Å². The molecular weight excluding hydrogens is 563 g/mol. The molecule has 4 heterocycles. The lowest BCUT2D eigenvalue weighted by Gasteiger charge is -2.57. The molecule has 8 atom stereocenters. The molecular formula is C11H33NO12Si8. The Labute approximate surface area is 197 Å². The summed E-state index contributed by atoms with van der Waals surface area (Å²) >= 11 is 0. The maximum Gasteiger partial charge on any atom is 0.480 e. The van der Waals surface area contributed by atoms with Crippen LogP contribution in [0, 0.1) is 0 Å². The fourth-order valence-electron chi connectivity index (χ4n) is 4.77. The van der Waals surface area contributed by atoms with Gasteiger partial charge in [0.15, 0.2) is 0 Å². The van der Waals surface area contributed by atoms with E-state index in [2.05, 4.69) is 0 Å².